The van der Waals surface area contributed by atoms with Crippen LogP contribution < -0.4 is 0 Å². The van der Waals surface area contributed by atoms with Crippen LogP contribution in [0, 0.1) is 0 Å². The second-order valence-corrected chi connectivity index (χ2v) is 6.16. The first-order valence-electron chi connectivity index (χ1n) is 8.24. The maximum Gasteiger partial charge on any atom is 0.113 e. The summed E-state index contributed by atoms with van der Waals surface area (Å²) in [7, 11) is 0. The van der Waals surface area contributed by atoms with Gasteiger partial charge in [-0.1, -0.05) is 60.7 Å². The fourth-order valence-electron chi connectivity index (χ4n) is 2.97. The van der Waals surface area contributed by atoms with Gasteiger partial charge < -0.3 is 25.2 Å². The van der Waals surface area contributed by atoms with Crippen LogP contribution in [0.25, 0.3) is 12.2 Å². The van der Waals surface area contributed by atoms with E-state index in [1.165, 1.54) is 0 Å². The second kappa shape index (κ2) is 7.91. The zero-order valence-corrected chi connectivity index (χ0v) is 13.6. The van der Waals surface area contributed by atoms with E-state index in [4.69, 9.17) is 4.74 Å². The molecule has 5 atom stereocenters. The van der Waals surface area contributed by atoms with Gasteiger partial charge in [0.1, 0.15) is 30.5 Å². The van der Waals surface area contributed by atoms with Gasteiger partial charge in [-0.2, -0.15) is 0 Å². The first-order chi connectivity index (χ1) is 12.1. The van der Waals surface area contributed by atoms with Gasteiger partial charge >= 0.3 is 0 Å². The Morgan fingerprint density at radius 2 is 1.48 bits per heavy atom. The minimum atomic E-state index is -1.38. The van der Waals surface area contributed by atoms with Crippen molar-refractivity contribution < 1.29 is 25.2 Å². The van der Waals surface area contributed by atoms with Crippen molar-refractivity contribution in [3.05, 3.63) is 71.3 Å². The summed E-state index contributed by atoms with van der Waals surface area (Å²) in [5, 5.41) is 39.4. The number of rotatable bonds is 4. The molecule has 5 heteroatoms. The van der Waals surface area contributed by atoms with Crippen molar-refractivity contribution in [2.75, 3.05) is 6.61 Å². The van der Waals surface area contributed by atoms with E-state index in [-0.39, 0.29) is 0 Å². The molecule has 0 radical (unpaired) electrons. The first kappa shape index (κ1) is 17.8. The van der Waals surface area contributed by atoms with Crippen LogP contribution in [0.1, 0.15) is 22.8 Å². The van der Waals surface area contributed by atoms with E-state index < -0.39 is 37.1 Å². The highest BCUT2D eigenvalue weighted by Gasteiger charge is 2.43. The molecule has 132 valence electrons. The number of hydrogen-bond donors (Lipinski definition) is 4. The van der Waals surface area contributed by atoms with Gasteiger partial charge in [-0.05, 0) is 22.8 Å². The Morgan fingerprint density at radius 3 is 2.20 bits per heavy atom. The molecule has 2 aromatic carbocycles. The van der Waals surface area contributed by atoms with E-state index in [1.54, 1.807) is 6.07 Å². The number of benzene rings is 2. The highest BCUT2D eigenvalue weighted by molar-refractivity contribution is 5.69. The molecule has 1 saturated heterocycles. The Kier molecular flexibility index (Phi) is 5.63. The molecule has 2 aromatic rings. The Labute approximate surface area is 146 Å². The molecule has 0 aliphatic carbocycles. The molecule has 4 N–H and O–H groups in total. The summed E-state index contributed by atoms with van der Waals surface area (Å²) < 4.78 is 5.60. The maximum absolute atomic E-state index is 10.2. The van der Waals surface area contributed by atoms with Gasteiger partial charge in [0.25, 0.3) is 0 Å². The zero-order chi connectivity index (χ0) is 17.8. The van der Waals surface area contributed by atoms with Crippen molar-refractivity contribution in [2.24, 2.45) is 0 Å². The summed E-state index contributed by atoms with van der Waals surface area (Å²) in [6.07, 6.45) is -1.80. The van der Waals surface area contributed by atoms with Gasteiger partial charge in [0, 0.05) is 0 Å². The van der Waals surface area contributed by atoms with Gasteiger partial charge in [-0.15, -0.1) is 0 Å². The fraction of sp³-hybridized carbons (Fsp3) is 0.300. The predicted molar refractivity (Wildman–Crippen MR) is 94.5 cm³/mol. The number of aliphatic hydroxyl groups excluding tert-OH is 4. The van der Waals surface area contributed by atoms with E-state index in [0.717, 1.165) is 11.1 Å². The van der Waals surface area contributed by atoms with Gasteiger partial charge in [-0.3, -0.25) is 0 Å². The molecule has 0 saturated carbocycles. The number of hydrogen-bond acceptors (Lipinski definition) is 5. The summed E-state index contributed by atoms with van der Waals surface area (Å²) in [5.41, 5.74) is 2.66. The van der Waals surface area contributed by atoms with E-state index in [9.17, 15) is 20.4 Å². The summed E-state index contributed by atoms with van der Waals surface area (Å²) in [6.45, 7) is -0.435. The van der Waals surface area contributed by atoms with Gasteiger partial charge in [-0.25, -0.2) is 0 Å². The van der Waals surface area contributed by atoms with Crippen LogP contribution in [0.3, 0.4) is 0 Å². The van der Waals surface area contributed by atoms with Crippen LogP contribution >= 0.6 is 0 Å². The van der Waals surface area contributed by atoms with Crippen LogP contribution in [0.2, 0.25) is 0 Å². The molecule has 1 aliphatic rings. The number of aliphatic hydroxyl groups is 4. The molecule has 0 unspecified atom stereocenters. The Bertz CT molecular complexity index is 713. The summed E-state index contributed by atoms with van der Waals surface area (Å²) in [4.78, 5) is 0. The summed E-state index contributed by atoms with van der Waals surface area (Å²) in [6, 6.07) is 17.3. The second-order valence-electron chi connectivity index (χ2n) is 6.16. The highest BCUT2D eigenvalue weighted by Crippen LogP contribution is 2.32. The first-order valence-corrected chi connectivity index (χ1v) is 8.24. The lowest BCUT2D eigenvalue weighted by Crippen LogP contribution is -2.55. The van der Waals surface area contributed by atoms with E-state index >= 15 is 0 Å². The molecular formula is C20H22O5. The van der Waals surface area contributed by atoms with Crippen LogP contribution in [0.4, 0.5) is 0 Å². The molecule has 1 fully saturated rings. The standard InChI is InChI=1S/C20H22O5/c21-12-16-17(22)18(23)19(24)20(25-16)15-8-4-7-14(11-15)10-9-13-5-2-1-3-6-13/h1-11,16-24H,12H2/b10-9+/t16-,17-,18+,19+,20-/m1/s1. The third kappa shape index (κ3) is 3.98. The van der Waals surface area contributed by atoms with Gasteiger partial charge in [0.2, 0.25) is 0 Å². The van der Waals surface area contributed by atoms with Crippen molar-refractivity contribution in [3.63, 3.8) is 0 Å². The van der Waals surface area contributed by atoms with Crippen LogP contribution in [-0.4, -0.2) is 51.4 Å². The molecule has 5 nitrogen and oxygen atoms in total. The monoisotopic (exact) mass is 342 g/mol. The lowest BCUT2D eigenvalue weighted by molar-refractivity contribution is -0.231. The van der Waals surface area contributed by atoms with E-state index in [1.807, 2.05) is 60.7 Å². The maximum atomic E-state index is 10.2. The average Bonchev–Trinajstić information content (AvgIpc) is 2.66. The third-order valence-electron chi connectivity index (χ3n) is 4.40. The smallest absolute Gasteiger partial charge is 0.113 e. The minimum Gasteiger partial charge on any atom is -0.394 e. The molecule has 1 heterocycles. The zero-order valence-electron chi connectivity index (χ0n) is 13.6. The Morgan fingerprint density at radius 1 is 0.800 bits per heavy atom. The fourth-order valence-corrected chi connectivity index (χ4v) is 2.97. The summed E-state index contributed by atoms with van der Waals surface area (Å²) >= 11 is 0. The topological polar surface area (TPSA) is 90.2 Å². The van der Waals surface area contributed by atoms with Crippen molar-refractivity contribution in [1.82, 2.24) is 0 Å². The van der Waals surface area contributed by atoms with Crippen molar-refractivity contribution in [2.45, 2.75) is 30.5 Å². The number of ether oxygens (including phenoxy) is 1. The average molecular weight is 342 g/mol. The van der Waals surface area contributed by atoms with Crippen molar-refractivity contribution in [1.29, 1.82) is 0 Å². The Hall–Kier alpha value is -2.02. The van der Waals surface area contributed by atoms with Crippen LogP contribution in [-0.2, 0) is 4.74 Å². The predicted octanol–water partition coefficient (Wildman–Crippen LogP) is 1.37. The summed E-state index contributed by atoms with van der Waals surface area (Å²) in [5.74, 6) is 0. The lowest BCUT2D eigenvalue weighted by Gasteiger charge is -2.40. The van der Waals surface area contributed by atoms with Crippen molar-refractivity contribution in [3.8, 4) is 0 Å². The minimum absolute atomic E-state index is 0.435. The third-order valence-corrected chi connectivity index (χ3v) is 4.40. The van der Waals surface area contributed by atoms with Crippen LogP contribution in [0.15, 0.2) is 54.6 Å². The largest absolute Gasteiger partial charge is 0.394 e. The molecule has 3 rings (SSSR count). The SMILES string of the molecule is OC[C@H]1O[C@H](c2cccc(/C=C/c3ccccc3)c2)[C@@H](O)[C@@H](O)[C@@H]1O. The molecule has 25 heavy (non-hydrogen) atoms. The molecule has 0 spiro atoms. The molecular weight excluding hydrogens is 320 g/mol. The van der Waals surface area contributed by atoms with Crippen molar-refractivity contribution >= 4 is 12.2 Å². The molecule has 0 bridgehead atoms. The lowest BCUT2D eigenvalue weighted by atomic mass is 9.90. The van der Waals surface area contributed by atoms with E-state index in [2.05, 4.69) is 0 Å². The molecule has 1 aliphatic heterocycles. The highest BCUT2D eigenvalue weighted by atomic mass is 16.5. The van der Waals surface area contributed by atoms with E-state index in [0.29, 0.717) is 5.56 Å². The normalized spacial score (nSPS) is 29.8. The molecule has 0 amide bonds. The molecule has 0 aromatic heterocycles. The quantitative estimate of drug-likeness (QED) is 0.630. The van der Waals surface area contributed by atoms with Crippen LogP contribution in [0.5, 0.6) is 0 Å². The van der Waals surface area contributed by atoms with Gasteiger partial charge in [0.05, 0.1) is 6.61 Å². The Balaban J connectivity index is 1.82. The van der Waals surface area contributed by atoms with Gasteiger partial charge in [0.15, 0.2) is 0 Å².